The Morgan fingerprint density at radius 1 is 0.484 bits per heavy atom. The van der Waals surface area contributed by atoms with Crippen molar-refractivity contribution in [3.63, 3.8) is 0 Å². The third-order valence-electron chi connectivity index (χ3n) is 10.3. The summed E-state index contributed by atoms with van der Waals surface area (Å²) in [4.78, 5) is 86.2. The van der Waals surface area contributed by atoms with Gasteiger partial charge in [0.05, 0.1) is 11.1 Å². The van der Waals surface area contributed by atoms with Gasteiger partial charge in [-0.05, 0) is 79.4 Å². The smallest absolute Gasteiger partial charge is 0.410 e. The minimum absolute atomic E-state index is 0.257. The lowest BCUT2D eigenvalue weighted by atomic mass is 10.1. The first kappa shape index (κ1) is 49.0. The molecule has 4 amide bonds. The van der Waals surface area contributed by atoms with E-state index in [1.165, 1.54) is 0 Å². The van der Waals surface area contributed by atoms with Crippen LogP contribution in [0, 0.1) is 0 Å². The molecule has 0 saturated heterocycles. The highest BCUT2D eigenvalue weighted by Crippen LogP contribution is 2.20. The van der Waals surface area contributed by atoms with E-state index in [0.717, 1.165) is 75.2 Å². The van der Waals surface area contributed by atoms with E-state index >= 15 is 0 Å². The number of ketones is 2. The van der Waals surface area contributed by atoms with Crippen molar-refractivity contribution in [2.24, 2.45) is 0 Å². The maximum atomic E-state index is 13.0. The molecule has 4 aromatic rings. The van der Waals surface area contributed by atoms with Gasteiger partial charge in [-0.15, -0.1) is 0 Å². The molecule has 0 radical (unpaired) electrons. The molecule has 0 aliphatic rings. The minimum Gasteiger partial charge on any atom is -0.444 e. The van der Waals surface area contributed by atoms with E-state index < -0.39 is 34.6 Å². The van der Waals surface area contributed by atoms with Gasteiger partial charge in [-0.1, -0.05) is 87.8 Å². The highest BCUT2D eigenvalue weighted by molar-refractivity contribution is 6.45. The van der Waals surface area contributed by atoms with Crippen molar-refractivity contribution in [2.45, 2.75) is 130 Å². The third kappa shape index (κ3) is 16.3. The molecule has 4 rings (SSSR count). The number of fused-ring (bicyclic) bond motifs is 2. The van der Waals surface area contributed by atoms with Crippen molar-refractivity contribution < 1.29 is 38.2 Å². The first-order valence-corrected chi connectivity index (χ1v) is 22.3. The van der Waals surface area contributed by atoms with Crippen molar-refractivity contribution in [3.05, 3.63) is 72.1 Å². The summed E-state index contributed by atoms with van der Waals surface area (Å²) in [6.07, 6.45) is 13.6. The number of hydrogen-bond donors (Lipinski definition) is 4. The van der Waals surface area contributed by atoms with Crippen LogP contribution in [0.4, 0.5) is 9.59 Å². The Hall–Kier alpha value is -5.66. The Kier molecular flexibility index (Phi) is 19.0. The summed E-state index contributed by atoms with van der Waals surface area (Å²) in [5.74, 6) is -2.54. The summed E-state index contributed by atoms with van der Waals surface area (Å²) in [5, 5.41) is 6.82. The molecular formula is C48H68N6O8. The number of nitrogens with one attached hydrogen (secondary N) is 4. The molecular weight excluding hydrogens is 789 g/mol. The molecule has 0 spiro atoms. The van der Waals surface area contributed by atoms with Crippen molar-refractivity contribution >= 4 is 57.4 Å². The molecule has 0 aliphatic heterocycles. The molecule has 338 valence electrons. The molecule has 14 nitrogen and oxygen atoms in total. The molecule has 62 heavy (non-hydrogen) atoms. The van der Waals surface area contributed by atoms with Gasteiger partial charge in [0.25, 0.3) is 23.4 Å². The Morgan fingerprint density at radius 3 is 1.16 bits per heavy atom. The van der Waals surface area contributed by atoms with Crippen molar-refractivity contribution in [1.29, 1.82) is 0 Å². The summed E-state index contributed by atoms with van der Waals surface area (Å²) >= 11 is 0. The number of carbonyl (C=O) groups is 6. The minimum atomic E-state index is -0.672. The van der Waals surface area contributed by atoms with Gasteiger partial charge in [-0.3, -0.25) is 19.2 Å². The van der Waals surface area contributed by atoms with Crippen LogP contribution in [-0.2, 0) is 19.1 Å². The molecule has 4 N–H and O–H groups in total. The lowest BCUT2D eigenvalue weighted by Crippen LogP contribution is -2.39. The van der Waals surface area contributed by atoms with E-state index in [4.69, 9.17) is 9.47 Å². The van der Waals surface area contributed by atoms with E-state index in [2.05, 4.69) is 20.6 Å². The van der Waals surface area contributed by atoms with Gasteiger partial charge in [0.2, 0.25) is 0 Å². The van der Waals surface area contributed by atoms with Gasteiger partial charge < -0.3 is 39.9 Å². The number of aromatic nitrogens is 2. The van der Waals surface area contributed by atoms with Crippen LogP contribution in [0.2, 0.25) is 0 Å². The second kappa shape index (κ2) is 24.1. The number of nitrogens with zero attached hydrogens (tertiary/aromatic N) is 2. The van der Waals surface area contributed by atoms with Crippen LogP contribution in [0.1, 0.15) is 139 Å². The Labute approximate surface area is 366 Å². The monoisotopic (exact) mass is 857 g/mol. The number of ether oxygens (including phenoxy) is 2. The van der Waals surface area contributed by atoms with Crippen molar-refractivity contribution in [3.8, 4) is 0 Å². The number of unbranched alkanes of at least 4 members (excludes halogenated alkanes) is 9. The number of H-pyrrole nitrogens is 2. The van der Waals surface area contributed by atoms with Crippen LogP contribution < -0.4 is 10.6 Å². The number of hydrogen-bond acceptors (Lipinski definition) is 8. The Balaban J connectivity index is 1.07. The van der Waals surface area contributed by atoms with Gasteiger partial charge in [-0.2, -0.15) is 0 Å². The van der Waals surface area contributed by atoms with E-state index in [1.807, 2.05) is 77.9 Å². The number of carbonyl (C=O) groups excluding carboxylic acids is 6. The van der Waals surface area contributed by atoms with Crippen LogP contribution in [-0.4, -0.2) is 106 Å². The van der Waals surface area contributed by atoms with Gasteiger partial charge in [0, 0.05) is 73.5 Å². The molecule has 0 bridgehead atoms. The van der Waals surface area contributed by atoms with Gasteiger partial charge in [0.15, 0.2) is 0 Å². The maximum Gasteiger partial charge on any atom is 0.410 e. The quantitative estimate of drug-likeness (QED) is 0.0289. The van der Waals surface area contributed by atoms with Crippen LogP contribution in [0.15, 0.2) is 60.9 Å². The largest absolute Gasteiger partial charge is 0.444 e. The zero-order chi connectivity index (χ0) is 45.1. The van der Waals surface area contributed by atoms with E-state index in [1.54, 1.807) is 34.3 Å². The molecule has 0 aliphatic carbocycles. The number of benzene rings is 2. The summed E-state index contributed by atoms with van der Waals surface area (Å²) in [5.41, 5.74) is 0.994. The average Bonchev–Trinajstić information content (AvgIpc) is 3.85. The lowest BCUT2D eigenvalue weighted by molar-refractivity contribution is -0.117. The highest BCUT2D eigenvalue weighted by Gasteiger charge is 2.25. The summed E-state index contributed by atoms with van der Waals surface area (Å²) in [6, 6.07) is 14.7. The standard InChI is InChI=1S/C48H68N6O8/c1-47(2,3)61-45(59)53(31-21-27-49-43(57)41(55)37-33-51-39-25-17-15-23-35(37)39)29-19-13-11-9-7-8-10-12-14-20-30-54(46(60)62-48(4,5)6)32-22-28-50-44(58)42(56)38-34-52-40-26-18-16-24-36(38)40/h15-18,23-26,33-34,51-52H,7-14,19-22,27-32H2,1-6H3,(H,49,57)(H,50,58). The van der Waals surface area contributed by atoms with E-state index in [0.29, 0.717) is 60.9 Å². The number of aromatic amines is 2. The summed E-state index contributed by atoms with van der Waals surface area (Å²) < 4.78 is 11.3. The fraction of sp³-hybridized carbons (Fsp3) is 0.542. The van der Waals surface area contributed by atoms with Crippen molar-refractivity contribution in [2.75, 3.05) is 39.3 Å². The second-order valence-electron chi connectivity index (χ2n) is 17.8. The third-order valence-corrected chi connectivity index (χ3v) is 10.3. The first-order chi connectivity index (χ1) is 29.5. The normalized spacial score (nSPS) is 11.6. The number of Topliss-reactive ketones (excluding diaryl/α,β-unsaturated/α-hetero) is 2. The highest BCUT2D eigenvalue weighted by atomic mass is 16.6. The number of amides is 4. The van der Waals surface area contributed by atoms with Gasteiger partial charge in [-0.25, -0.2) is 9.59 Å². The summed E-state index contributed by atoms with van der Waals surface area (Å²) in [7, 11) is 0. The maximum absolute atomic E-state index is 13.0. The van der Waals surface area contributed by atoms with E-state index in [-0.39, 0.29) is 25.3 Å². The zero-order valence-electron chi connectivity index (χ0n) is 37.7. The molecule has 2 heterocycles. The van der Waals surface area contributed by atoms with Crippen LogP contribution in [0.3, 0.4) is 0 Å². The fourth-order valence-corrected chi connectivity index (χ4v) is 7.13. The number of para-hydroxylation sites is 2. The molecule has 2 aromatic heterocycles. The van der Waals surface area contributed by atoms with Crippen LogP contribution in [0.5, 0.6) is 0 Å². The Morgan fingerprint density at radius 2 is 0.806 bits per heavy atom. The predicted molar refractivity (Wildman–Crippen MR) is 242 cm³/mol. The van der Waals surface area contributed by atoms with Gasteiger partial charge >= 0.3 is 12.2 Å². The Bertz CT molecular complexity index is 1940. The second-order valence-corrected chi connectivity index (χ2v) is 17.8. The summed E-state index contributed by atoms with van der Waals surface area (Å²) in [6.45, 7) is 13.4. The SMILES string of the molecule is CC(C)(C)OC(=O)N(CCCCCCCCCCCCN(CCCNC(=O)C(=O)c1c[nH]c2ccccc12)C(=O)OC(C)(C)C)CCCNC(=O)C(=O)c1c[nH]c2ccccc12. The first-order valence-electron chi connectivity index (χ1n) is 22.3. The predicted octanol–water partition coefficient (Wildman–Crippen LogP) is 9.10. The zero-order valence-corrected chi connectivity index (χ0v) is 37.7. The van der Waals surface area contributed by atoms with Crippen LogP contribution in [0.25, 0.3) is 21.8 Å². The molecule has 0 saturated carbocycles. The molecule has 2 aromatic carbocycles. The fourth-order valence-electron chi connectivity index (χ4n) is 7.13. The van der Waals surface area contributed by atoms with E-state index in [9.17, 15) is 28.8 Å². The molecule has 0 atom stereocenters. The molecule has 14 heteroatoms. The number of rotatable bonds is 25. The van der Waals surface area contributed by atoms with Crippen molar-refractivity contribution in [1.82, 2.24) is 30.4 Å². The topological polar surface area (TPSA) is 183 Å². The van der Waals surface area contributed by atoms with Gasteiger partial charge in [0.1, 0.15) is 11.2 Å². The molecule has 0 unspecified atom stereocenters. The molecule has 0 fully saturated rings. The average molecular weight is 857 g/mol. The lowest BCUT2D eigenvalue weighted by Gasteiger charge is -2.27. The van der Waals surface area contributed by atoms with Crippen LogP contribution >= 0.6 is 0 Å².